The van der Waals surface area contributed by atoms with Crippen LogP contribution >= 0.6 is 35.3 Å². The van der Waals surface area contributed by atoms with Crippen LogP contribution in [-0.4, -0.2) is 41.0 Å². The Kier molecular flexibility index (Phi) is 9.08. The van der Waals surface area contributed by atoms with Gasteiger partial charge in [0.2, 0.25) is 0 Å². The fourth-order valence-electron chi connectivity index (χ4n) is 2.09. The second-order valence-electron chi connectivity index (χ2n) is 5.02. The number of aromatic nitrogens is 2. The molecule has 0 aliphatic rings. The molecule has 2 rings (SSSR count). The molecule has 0 atom stereocenters. The predicted octanol–water partition coefficient (Wildman–Crippen LogP) is 3.10. The standard InChI is InChI=1S/C16H23N5S.HI/c1-4-17-16(19-10-8-14-7-5-6-9-18-14)21(3)11-15-12-22-13(2)20-15;/h5-7,9,12H,4,8,10-11H2,1-3H3,(H,17,19);1H. The van der Waals surface area contributed by atoms with E-state index in [9.17, 15) is 0 Å². The molecule has 0 aliphatic carbocycles. The third kappa shape index (κ3) is 6.82. The summed E-state index contributed by atoms with van der Waals surface area (Å²) in [4.78, 5) is 15.6. The van der Waals surface area contributed by atoms with Gasteiger partial charge in [0.25, 0.3) is 0 Å². The Labute approximate surface area is 159 Å². The third-order valence-electron chi connectivity index (χ3n) is 3.12. The minimum absolute atomic E-state index is 0. The summed E-state index contributed by atoms with van der Waals surface area (Å²) in [6.45, 7) is 6.44. The Morgan fingerprint density at radius 1 is 1.35 bits per heavy atom. The van der Waals surface area contributed by atoms with Gasteiger partial charge in [-0.25, -0.2) is 4.98 Å². The zero-order chi connectivity index (χ0) is 15.8. The lowest BCUT2D eigenvalue weighted by Crippen LogP contribution is -2.38. The number of hydrogen-bond acceptors (Lipinski definition) is 4. The molecule has 0 bridgehead atoms. The van der Waals surface area contributed by atoms with E-state index < -0.39 is 0 Å². The van der Waals surface area contributed by atoms with Gasteiger partial charge >= 0.3 is 0 Å². The van der Waals surface area contributed by atoms with Crippen molar-refractivity contribution in [2.24, 2.45) is 4.99 Å². The van der Waals surface area contributed by atoms with Gasteiger partial charge in [0, 0.05) is 43.8 Å². The Bertz CT molecular complexity index is 600. The molecule has 0 saturated carbocycles. The summed E-state index contributed by atoms with van der Waals surface area (Å²) in [6.07, 6.45) is 2.67. The van der Waals surface area contributed by atoms with Crippen molar-refractivity contribution in [2.45, 2.75) is 26.8 Å². The molecule has 0 unspecified atom stereocenters. The van der Waals surface area contributed by atoms with Gasteiger partial charge in [-0.2, -0.15) is 0 Å². The minimum atomic E-state index is 0. The molecule has 2 aromatic rings. The number of aryl methyl sites for hydroxylation is 1. The van der Waals surface area contributed by atoms with Crippen molar-refractivity contribution in [3.63, 3.8) is 0 Å². The fourth-order valence-corrected chi connectivity index (χ4v) is 2.69. The normalized spacial score (nSPS) is 11.0. The van der Waals surface area contributed by atoms with Gasteiger partial charge in [0.15, 0.2) is 5.96 Å². The van der Waals surface area contributed by atoms with E-state index in [0.717, 1.165) is 48.4 Å². The van der Waals surface area contributed by atoms with Crippen LogP contribution in [0.4, 0.5) is 0 Å². The Morgan fingerprint density at radius 2 is 2.17 bits per heavy atom. The second kappa shape index (κ2) is 10.5. The number of halogens is 1. The highest BCUT2D eigenvalue weighted by atomic mass is 127. The molecule has 0 amide bonds. The van der Waals surface area contributed by atoms with Gasteiger partial charge in [-0.05, 0) is 26.0 Å². The molecule has 2 aromatic heterocycles. The molecule has 0 spiro atoms. The van der Waals surface area contributed by atoms with Crippen molar-refractivity contribution in [1.82, 2.24) is 20.2 Å². The molecule has 1 N–H and O–H groups in total. The number of hydrogen-bond donors (Lipinski definition) is 1. The largest absolute Gasteiger partial charge is 0.357 e. The average molecular weight is 445 g/mol. The van der Waals surface area contributed by atoms with Crippen LogP contribution in [0.25, 0.3) is 0 Å². The van der Waals surface area contributed by atoms with E-state index in [0.29, 0.717) is 0 Å². The maximum absolute atomic E-state index is 4.68. The van der Waals surface area contributed by atoms with Crippen molar-refractivity contribution in [3.05, 3.63) is 46.2 Å². The predicted molar refractivity (Wildman–Crippen MR) is 108 cm³/mol. The highest BCUT2D eigenvalue weighted by Gasteiger charge is 2.08. The average Bonchev–Trinajstić information content (AvgIpc) is 2.92. The van der Waals surface area contributed by atoms with E-state index in [4.69, 9.17) is 0 Å². The molecule has 2 heterocycles. The van der Waals surface area contributed by atoms with Gasteiger partial charge in [0.1, 0.15) is 0 Å². The summed E-state index contributed by atoms with van der Waals surface area (Å²) in [7, 11) is 2.04. The van der Waals surface area contributed by atoms with Crippen molar-refractivity contribution in [1.29, 1.82) is 0 Å². The Morgan fingerprint density at radius 3 is 2.78 bits per heavy atom. The van der Waals surface area contributed by atoms with E-state index >= 15 is 0 Å². The molecule has 0 aromatic carbocycles. The number of nitrogens with one attached hydrogen (secondary N) is 1. The van der Waals surface area contributed by atoms with Crippen LogP contribution in [-0.2, 0) is 13.0 Å². The zero-order valence-corrected chi connectivity index (χ0v) is 17.0. The lowest BCUT2D eigenvalue weighted by Gasteiger charge is -2.21. The van der Waals surface area contributed by atoms with Crippen LogP contribution in [0.2, 0.25) is 0 Å². The molecule has 126 valence electrons. The van der Waals surface area contributed by atoms with Crippen molar-refractivity contribution in [2.75, 3.05) is 20.1 Å². The molecule has 0 fully saturated rings. The van der Waals surface area contributed by atoms with Gasteiger partial charge in [0.05, 0.1) is 17.2 Å². The highest BCUT2D eigenvalue weighted by molar-refractivity contribution is 14.0. The fraction of sp³-hybridized carbons (Fsp3) is 0.438. The van der Waals surface area contributed by atoms with Crippen LogP contribution < -0.4 is 5.32 Å². The van der Waals surface area contributed by atoms with Gasteiger partial charge in [-0.15, -0.1) is 35.3 Å². The van der Waals surface area contributed by atoms with E-state index in [2.05, 4.69) is 37.5 Å². The Hall–Kier alpha value is -1.22. The maximum Gasteiger partial charge on any atom is 0.194 e. The van der Waals surface area contributed by atoms with Crippen molar-refractivity contribution < 1.29 is 0 Å². The van der Waals surface area contributed by atoms with Crippen molar-refractivity contribution in [3.8, 4) is 0 Å². The first-order chi connectivity index (χ1) is 10.7. The molecule has 7 heteroatoms. The lowest BCUT2D eigenvalue weighted by atomic mass is 10.3. The molecule has 23 heavy (non-hydrogen) atoms. The first-order valence-electron chi connectivity index (χ1n) is 7.49. The number of nitrogens with zero attached hydrogens (tertiary/aromatic N) is 4. The first kappa shape index (κ1) is 19.8. The van der Waals surface area contributed by atoms with E-state index in [1.54, 1.807) is 11.3 Å². The van der Waals surface area contributed by atoms with Crippen LogP contribution in [0.3, 0.4) is 0 Å². The molecule has 5 nitrogen and oxygen atoms in total. The zero-order valence-electron chi connectivity index (χ0n) is 13.8. The molecular weight excluding hydrogens is 421 g/mol. The monoisotopic (exact) mass is 445 g/mol. The summed E-state index contributed by atoms with van der Waals surface area (Å²) in [5.41, 5.74) is 2.15. The lowest BCUT2D eigenvalue weighted by molar-refractivity contribution is 0.471. The van der Waals surface area contributed by atoms with Crippen LogP contribution in [0.15, 0.2) is 34.8 Å². The topological polar surface area (TPSA) is 53.4 Å². The third-order valence-corrected chi connectivity index (χ3v) is 3.94. The summed E-state index contributed by atoms with van der Waals surface area (Å²) >= 11 is 1.68. The summed E-state index contributed by atoms with van der Waals surface area (Å²) < 4.78 is 0. The highest BCUT2D eigenvalue weighted by Crippen LogP contribution is 2.09. The van der Waals surface area contributed by atoms with E-state index in [1.807, 2.05) is 38.4 Å². The number of rotatable bonds is 6. The number of pyridine rings is 1. The molecule has 0 aliphatic heterocycles. The number of aliphatic imine (C=N–C) groups is 1. The quantitative estimate of drug-likeness (QED) is 0.422. The number of guanidine groups is 1. The number of thiazole rings is 1. The SMILES string of the molecule is CCNC(=NCCc1ccccn1)N(C)Cc1csc(C)n1.I. The summed E-state index contributed by atoms with van der Waals surface area (Å²) in [5.74, 6) is 0.907. The van der Waals surface area contributed by atoms with Gasteiger partial charge in [-0.1, -0.05) is 6.07 Å². The second-order valence-corrected chi connectivity index (χ2v) is 6.08. The van der Waals surface area contributed by atoms with Crippen LogP contribution in [0.1, 0.15) is 23.3 Å². The van der Waals surface area contributed by atoms with E-state index in [1.165, 1.54) is 0 Å². The minimum Gasteiger partial charge on any atom is -0.357 e. The summed E-state index contributed by atoms with van der Waals surface area (Å²) in [6, 6.07) is 5.97. The summed E-state index contributed by atoms with van der Waals surface area (Å²) in [5, 5.41) is 6.53. The Balaban J connectivity index is 0.00000264. The van der Waals surface area contributed by atoms with Gasteiger partial charge in [-0.3, -0.25) is 9.98 Å². The molecular formula is C16H24IN5S. The smallest absolute Gasteiger partial charge is 0.194 e. The maximum atomic E-state index is 4.68. The van der Waals surface area contributed by atoms with Crippen LogP contribution in [0, 0.1) is 6.92 Å². The van der Waals surface area contributed by atoms with Crippen molar-refractivity contribution >= 4 is 41.3 Å². The van der Waals surface area contributed by atoms with E-state index in [-0.39, 0.29) is 24.0 Å². The van der Waals surface area contributed by atoms with Crippen LogP contribution in [0.5, 0.6) is 0 Å². The van der Waals surface area contributed by atoms with Gasteiger partial charge < -0.3 is 10.2 Å². The molecule has 0 saturated heterocycles. The first-order valence-corrected chi connectivity index (χ1v) is 8.37. The molecule has 0 radical (unpaired) electrons.